The molecule has 0 aliphatic heterocycles. The first-order valence-electron chi connectivity index (χ1n) is 8.72. The molecule has 1 aromatic heterocycles. The number of pyridine rings is 1. The Hall–Kier alpha value is -1.90. The largest absolute Gasteiger partial charge is 0.342 e. The number of carbonyl (C=O) groups is 1. The Morgan fingerprint density at radius 3 is 2.70 bits per heavy atom. The third kappa shape index (κ3) is 3.54. The van der Waals surface area contributed by atoms with E-state index in [2.05, 4.69) is 24.8 Å². The van der Waals surface area contributed by atoms with Gasteiger partial charge in [-0.1, -0.05) is 25.1 Å². The van der Waals surface area contributed by atoms with Crippen molar-refractivity contribution in [2.45, 2.75) is 46.5 Å². The van der Waals surface area contributed by atoms with Gasteiger partial charge in [0.2, 0.25) is 5.91 Å². The summed E-state index contributed by atoms with van der Waals surface area (Å²) in [5, 5.41) is 1.16. The van der Waals surface area contributed by atoms with E-state index in [9.17, 15) is 4.79 Å². The second kappa shape index (κ2) is 6.69. The maximum Gasteiger partial charge on any atom is 0.227 e. The van der Waals surface area contributed by atoms with Crippen LogP contribution in [-0.4, -0.2) is 28.9 Å². The molecule has 1 aliphatic carbocycles. The molecule has 0 spiro atoms. The first kappa shape index (κ1) is 16.0. The summed E-state index contributed by atoms with van der Waals surface area (Å²) in [6.07, 6.45) is 4.06. The summed E-state index contributed by atoms with van der Waals surface area (Å²) in [5.41, 5.74) is 4.30. The van der Waals surface area contributed by atoms with Crippen molar-refractivity contribution in [3.05, 3.63) is 41.1 Å². The van der Waals surface area contributed by atoms with Gasteiger partial charge in [0.15, 0.2) is 0 Å². The lowest BCUT2D eigenvalue weighted by molar-refractivity contribution is -0.130. The van der Waals surface area contributed by atoms with Gasteiger partial charge >= 0.3 is 0 Å². The average Bonchev–Trinajstić information content (AvgIpc) is 3.35. The lowest BCUT2D eigenvalue weighted by Gasteiger charge is -2.23. The average molecular weight is 310 g/mol. The number of rotatable bonds is 6. The van der Waals surface area contributed by atoms with E-state index in [0.717, 1.165) is 47.6 Å². The maximum atomic E-state index is 12.8. The van der Waals surface area contributed by atoms with Crippen molar-refractivity contribution in [2.24, 2.45) is 5.92 Å². The van der Waals surface area contributed by atoms with Crippen molar-refractivity contribution in [3.8, 4) is 0 Å². The van der Waals surface area contributed by atoms with Crippen LogP contribution in [0.15, 0.2) is 24.3 Å². The summed E-state index contributed by atoms with van der Waals surface area (Å²) in [4.78, 5) is 19.6. The van der Waals surface area contributed by atoms with Crippen LogP contribution >= 0.6 is 0 Å². The van der Waals surface area contributed by atoms with Crippen molar-refractivity contribution in [1.29, 1.82) is 0 Å². The van der Waals surface area contributed by atoms with Crippen LogP contribution in [0.25, 0.3) is 10.9 Å². The molecule has 0 bridgehead atoms. The van der Waals surface area contributed by atoms with Crippen LogP contribution in [0.2, 0.25) is 0 Å². The Morgan fingerprint density at radius 1 is 1.26 bits per heavy atom. The van der Waals surface area contributed by atoms with Gasteiger partial charge in [-0.15, -0.1) is 0 Å². The molecule has 0 N–H and O–H groups in total. The van der Waals surface area contributed by atoms with E-state index < -0.39 is 0 Å². The maximum absolute atomic E-state index is 12.8. The number of nitrogens with zero attached hydrogens (tertiary/aromatic N) is 2. The lowest BCUT2D eigenvalue weighted by atomic mass is 9.99. The van der Waals surface area contributed by atoms with Crippen LogP contribution in [-0.2, 0) is 11.2 Å². The van der Waals surface area contributed by atoms with Gasteiger partial charge in [-0.25, -0.2) is 0 Å². The molecule has 1 aromatic carbocycles. The molecule has 0 radical (unpaired) electrons. The highest BCUT2D eigenvalue weighted by Crippen LogP contribution is 2.30. The molecule has 1 aliphatic rings. The fourth-order valence-corrected chi connectivity index (χ4v) is 3.29. The minimum absolute atomic E-state index is 0.252. The number of benzene rings is 1. The smallest absolute Gasteiger partial charge is 0.227 e. The molecule has 122 valence electrons. The Balaban J connectivity index is 1.85. The van der Waals surface area contributed by atoms with E-state index in [1.807, 2.05) is 25.1 Å². The number of hydrogen-bond donors (Lipinski definition) is 0. The highest BCUT2D eigenvalue weighted by Gasteiger charge is 2.27. The zero-order valence-corrected chi connectivity index (χ0v) is 14.4. The summed E-state index contributed by atoms with van der Waals surface area (Å²) >= 11 is 0. The van der Waals surface area contributed by atoms with Crippen molar-refractivity contribution in [2.75, 3.05) is 13.1 Å². The predicted octanol–water partition coefficient (Wildman–Crippen LogP) is 4.04. The summed E-state index contributed by atoms with van der Waals surface area (Å²) in [6.45, 7) is 8.08. The van der Waals surface area contributed by atoms with Crippen molar-refractivity contribution in [1.82, 2.24) is 9.88 Å². The third-order valence-corrected chi connectivity index (χ3v) is 4.84. The van der Waals surface area contributed by atoms with E-state index in [-0.39, 0.29) is 5.91 Å². The minimum Gasteiger partial charge on any atom is -0.342 e. The molecule has 0 atom stereocenters. The molecular formula is C20H26N2O. The van der Waals surface area contributed by atoms with Crippen LogP contribution in [0.5, 0.6) is 0 Å². The zero-order chi connectivity index (χ0) is 16.4. The van der Waals surface area contributed by atoms with Gasteiger partial charge in [0.1, 0.15) is 0 Å². The molecule has 2 aromatic rings. The molecule has 0 saturated heterocycles. The number of carbonyl (C=O) groups excluding carboxylic acids is 1. The fraction of sp³-hybridized carbons (Fsp3) is 0.500. The zero-order valence-electron chi connectivity index (χ0n) is 14.4. The van der Waals surface area contributed by atoms with Crippen LogP contribution in [0, 0.1) is 19.8 Å². The third-order valence-electron chi connectivity index (χ3n) is 4.84. The fourth-order valence-electron chi connectivity index (χ4n) is 3.29. The van der Waals surface area contributed by atoms with Crippen LogP contribution in [0.1, 0.15) is 43.0 Å². The van der Waals surface area contributed by atoms with E-state index in [1.54, 1.807) is 0 Å². The summed E-state index contributed by atoms with van der Waals surface area (Å²) in [7, 11) is 0. The normalized spacial score (nSPS) is 14.2. The molecule has 3 heteroatoms. The molecule has 1 fully saturated rings. The van der Waals surface area contributed by atoms with Gasteiger partial charge < -0.3 is 4.90 Å². The van der Waals surface area contributed by atoms with Gasteiger partial charge in [-0.2, -0.15) is 0 Å². The number of aromatic nitrogens is 1. The molecule has 3 nitrogen and oxygen atoms in total. The highest BCUT2D eigenvalue weighted by atomic mass is 16.2. The first-order valence-corrected chi connectivity index (χ1v) is 8.72. The van der Waals surface area contributed by atoms with E-state index in [0.29, 0.717) is 6.42 Å². The molecule has 3 rings (SSSR count). The summed E-state index contributed by atoms with van der Waals surface area (Å²) < 4.78 is 0. The lowest BCUT2D eigenvalue weighted by Crippen LogP contribution is -2.35. The second-order valence-corrected chi connectivity index (χ2v) is 6.78. The number of para-hydroxylation sites is 1. The number of fused-ring (bicyclic) bond motifs is 1. The Bertz CT molecular complexity index is 719. The number of hydrogen-bond acceptors (Lipinski definition) is 2. The van der Waals surface area contributed by atoms with Gasteiger partial charge in [0.05, 0.1) is 11.9 Å². The monoisotopic (exact) mass is 310 g/mol. The van der Waals surface area contributed by atoms with Crippen molar-refractivity contribution >= 4 is 16.8 Å². The summed E-state index contributed by atoms with van der Waals surface area (Å²) in [6, 6.07) is 8.18. The first-order chi connectivity index (χ1) is 11.1. The number of aryl methyl sites for hydroxylation is 2. The summed E-state index contributed by atoms with van der Waals surface area (Å²) in [5.74, 6) is 0.990. The Kier molecular flexibility index (Phi) is 4.65. The minimum atomic E-state index is 0.252. The standard InChI is InChI=1S/C20H26N2O/c1-4-11-22(13-16-9-10-16)20(23)12-18-14(2)17-7-5-6-8-19(17)21-15(18)3/h5-8,16H,4,9-13H2,1-3H3. The quantitative estimate of drug-likeness (QED) is 0.806. The van der Waals surface area contributed by atoms with Crippen molar-refractivity contribution in [3.63, 3.8) is 0 Å². The van der Waals surface area contributed by atoms with Gasteiger partial charge in [0.25, 0.3) is 0 Å². The van der Waals surface area contributed by atoms with Crippen molar-refractivity contribution < 1.29 is 4.79 Å². The molecule has 23 heavy (non-hydrogen) atoms. The number of amides is 1. The molecule has 1 heterocycles. The molecule has 0 unspecified atom stereocenters. The second-order valence-electron chi connectivity index (χ2n) is 6.78. The Morgan fingerprint density at radius 2 is 2.00 bits per heavy atom. The van der Waals surface area contributed by atoms with Gasteiger partial charge in [-0.3, -0.25) is 9.78 Å². The predicted molar refractivity (Wildman–Crippen MR) is 94.5 cm³/mol. The Labute approximate surface area is 138 Å². The topological polar surface area (TPSA) is 33.2 Å². The van der Waals surface area contributed by atoms with E-state index >= 15 is 0 Å². The van der Waals surface area contributed by atoms with Crippen LogP contribution in [0.4, 0.5) is 0 Å². The molecular weight excluding hydrogens is 284 g/mol. The van der Waals surface area contributed by atoms with Gasteiger partial charge in [-0.05, 0) is 56.2 Å². The van der Waals surface area contributed by atoms with Crippen LogP contribution < -0.4 is 0 Å². The van der Waals surface area contributed by atoms with E-state index in [4.69, 9.17) is 4.98 Å². The molecule has 1 saturated carbocycles. The van der Waals surface area contributed by atoms with Crippen LogP contribution in [0.3, 0.4) is 0 Å². The van der Waals surface area contributed by atoms with E-state index in [1.165, 1.54) is 18.4 Å². The molecule has 1 amide bonds. The van der Waals surface area contributed by atoms with Gasteiger partial charge in [0, 0.05) is 24.2 Å². The highest BCUT2D eigenvalue weighted by molar-refractivity contribution is 5.86. The SMILES string of the molecule is CCCN(CC1CC1)C(=O)Cc1c(C)nc2ccccc2c1C.